The van der Waals surface area contributed by atoms with Crippen LogP contribution in [0.25, 0.3) is 0 Å². The van der Waals surface area contributed by atoms with Gasteiger partial charge in [0, 0.05) is 0 Å². The molecule has 0 amide bonds. The van der Waals surface area contributed by atoms with E-state index in [1.54, 1.807) is 0 Å². The molecule has 0 fully saturated rings. The molecule has 0 saturated heterocycles. The third kappa shape index (κ3) is 1.11. The summed E-state index contributed by atoms with van der Waals surface area (Å²) >= 11 is 0. The summed E-state index contributed by atoms with van der Waals surface area (Å²) in [5.41, 5.74) is 0. The standard InChI is InChI=1S/C2HN5O5/c8-5-2(7(11)12)1(3-4-5)6(9)10/h5H. The van der Waals surface area contributed by atoms with E-state index in [1.165, 1.54) is 0 Å². The maximum Gasteiger partial charge on any atom is 0.556 e. The second-order valence-electron chi connectivity index (χ2n) is 1.69. The molecule has 10 nitrogen and oxygen atoms in total. The maximum absolute atomic E-state index is 10.5. The molecular weight excluding hydrogens is 174 g/mol. The van der Waals surface area contributed by atoms with Crippen molar-refractivity contribution in [1.82, 2.24) is 0 Å². The number of rotatable bonds is 2. The highest BCUT2D eigenvalue weighted by molar-refractivity contribution is 4.89. The van der Waals surface area contributed by atoms with Crippen molar-refractivity contribution in [2.24, 2.45) is 10.3 Å². The fraction of sp³-hybridized carbons (Fsp3) is 0. The number of nitro groups is 2. The molecule has 0 bridgehead atoms. The summed E-state index contributed by atoms with van der Waals surface area (Å²) in [6.07, 6.45) is 0. The topological polar surface area (TPSA) is 138 Å². The highest BCUT2D eigenvalue weighted by Gasteiger charge is 2.44. The van der Waals surface area contributed by atoms with Crippen LogP contribution in [0.2, 0.25) is 0 Å². The summed E-state index contributed by atoms with van der Waals surface area (Å²) < 4.78 is 0. The Morgan fingerprint density at radius 1 is 1.25 bits per heavy atom. The van der Waals surface area contributed by atoms with Crippen molar-refractivity contribution >= 4 is 0 Å². The predicted octanol–water partition coefficient (Wildman–Crippen LogP) is -1.57. The molecule has 64 valence electrons. The molecule has 1 aliphatic rings. The number of nitrogens with one attached hydrogen (secondary N) is 1. The third-order valence-electron chi connectivity index (χ3n) is 1.01. The average molecular weight is 175 g/mol. The van der Waals surface area contributed by atoms with E-state index in [-0.39, 0.29) is 0 Å². The normalized spacial score (nSPS) is 21.6. The van der Waals surface area contributed by atoms with E-state index in [9.17, 15) is 25.4 Å². The van der Waals surface area contributed by atoms with Crippen LogP contribution in [-0.4, -0.2) is 9.85 Å². The van der Waals surface area contributed by atoms with Crippen molar-refractivity contribution in [2.45, 2.75) is 0 Å². The lowest BCUT2D eigenvalue weighted by atomic mass is 10.7. The molecule has 0 spiro atoms. The molecule has 12 heavy (non-hydrogen) atoms. The zero-order valence-electron chi connectivity index (χ0n) is 5.33. The Morgan fingerprint density at radius 2 is 1.83 bits per heavy atom. The van der Waals surface area contributed by atoms with Crippen LogP contribution in [0.15, 0.2) is 22.0 Å². The van der Waals surface area contributed by atoms with Gasteiger partial charge < -0.3 is 15.3 Å². The minimum Gasteiger partial charge on any atom is -0.593 e. The van der Waals surface area contributed by atoms with Gasteiger partial charge in [0.05, 0.1) is 0 Å². The highest BCUT2D eigenvalue weighted by atomic mass is 16.7. The van der Waals surface area contributed by atoms with E-state index in [1.807, 2.05) is 0 Å². The molecule has 1 unspecified atom stereocenters. The molecular formula is C2HN5O5. The van der Waals surface area contributed by atoms with Crippen LogP contribution in [0.5, 0.6) is 0 Å². The molecule has 10 heteroatoms. The molecule has 1 atom stereocenters. The minimum atomic E-state index is -1.30. The Labute approximate surface area is 63.6 Å². The molecule has 0 saturated carbocycles. The zero-order chi connectivity index (χ0) is 9.30. The second-order valence-corrected chi connectivity index (χ2v) is 1.69. The molecule has 1 aliphatic heterocycles. The Balaban J connectivity index is 3.13. The number of nitrogens with zero attached hydrogens (tertiary/aromatic N) is 4. The van der Waals surface area contributed by atoms with Gasteiger partial charge in [-0.15, -0.1) is 5.17 Å². The number of hydrogen-bond acceptors (Lipinski definition) is 7. The van der Waals surface area contributed by atoms with Crippen molar-refractivity contribution in [2.75, 3.05) is 0 Å². The van der Waals surface area contributed by atoms with Gasteiger partial charge in [0.1, 0.15) is 4.92 Å². The van der Waals surface area contributed by atoms with E-state index < -0.39 is 26.7 Å². The van der Waals surface area contributed by atoms with E-state index in [0.717, 1.165) is 0 Å². The van der Waals surface area contributed by atoms with Crippen LogP contribution < -0.4 is 5.17 Å². The first-order valence-electron chi connectivity index (χ1n) is 2.53. The molecule has 0 radical (unpaired) electrons. The van der Waals surface area contributed by atoms with Gasteiger partial charge >= 0.3 is 11.6 Å². The number of hydroxylamine groups is 1. The lowest BCUT2D eigenvalue weighted by molar-refractivity contribution is -0.881. The van der Waals surface area contributed by atoms with Gasteiger partial charge in [-0.2, -0.15) is 0 Å². The first-order chi connectivity index (χ1) is 5.54. The molecule has 1 N–H and O–H groups in total. The smallest absolute Gasteiger partial charge is 0.556 e. The highest BCUT2D eigenvalue weighted by Crippen LogP contribution is 2.06. The Morgan fingerprint density at radius 3 is 2.17 bits per heavy atom. The molecule has 1 heterocycles. The number of hydrogen-bond donors (Lipinski definition) is 1. The van der Waals surface area contributed by atoms with Crippen LogP contribution in [-0.2, 0) is 0 Å². The first kappa shape index (κ1) is 8.16. The van der Waals surface area contributed by atoms with Crippen molar-refractivity contribution in [1.29, 1.82) is 0 Å². The van der Waals surface area contributed by atoms with E-state index in [4.69, 9.17) is 0 Å². The van der Waals surface area contributed by atoms with Gasteiger partial charge in [-0.05, 0) is 4.92 Å². The fourth-order valence-electron chi connectivity index (χ4n) is 0.566. The summed E-state index contributed by atoms with van der Waals surface area (Å²) in [7, 11) is 0. The number of quaternary nitrogens is 1. The lowest BCUT2D eigenvalue weighted by Gasteiger charge is -1.99. The first-order valence-corrected chi connectivity index (χ1v) is 2.53. The predicted molar refractivity (Wildman–Crippen MR) is 30.2 cm³/mol. The fourth-order valence-corrected chi connectivity index (χ4v) is 0.566. The van der Waals surface area contributed by atoms with Gasteiger partial charge in [-0.1, -0.05) is 0 Å². The monoisotopic (exact) mass is 175 g/mol. The summed E-state index contributed by atoms with van der Waals surface area (Å²) in [5.74, 6) is -2.31. The summed E-state index contributed by atoms with van der Waals surface area (Å²) in [6, 6.07) is 0. The van der Waals surface area contributed by atoms with E-state index in [0.29, 0.717) is 0 Å². The van der Waals surface area contributed by atoms with Crippen LogP contribution in [0, 0.1) is 25.4 Å². The van der Waals surface area contributed by atoms with Gasteiger partial charge in [0.2, 0.25) is 0 Å². The molecule has 0 aromatic carbocycles. The van der Waals surface area contributed by atoms with Crippen LogP contribution >= 0.6 is 0 Å². The largest absolute Gasteiger partial charge is 0.593 e. The third-order valence-corrected chi connectivity index (χ3v) is 1.01. The van der Waals surface area contributed by atoms with Gasteiger partial charge in [0.15, 0.2) is 10.3 Å². The summed E-state index contributed by atoms with van der Waals surface area (Å²) in [5, 5.41) is 34.6. The minimum absolute atomic E-state index is 1.12. The van der Waals surface area contributed by atoms with Crippen molar-refractivity contribution in [3.8, 4) is 0 Å². The van der Waals surface area contributed by atoms with Crippen molar-refractivity contribution in [3.05, 3.63) is 37.1 Å². The van der Waals surface area contributed by atoms with Crippen molar-refractivity contribution < 1.29 is 15.0 Å². The average Bonchev–Trinajstić information content (AvgIpc) is 2.30. The maximum atomic E-state index is 10.5. The quantitative estimate of drug-likeness (QED) is 0.306. The van der Waals surface area contributed by atoms with Crippen molar-refractivity contribution in [3.63, 3.8) is 0 Å². The lowest BCUT2D eigenvalue weighted by Crippen LogP contribution is -3.00. The molecule has 0 aromatic rings. The van der Waals surface area contributed by atoms with Crippen LogP contribution in [0.1, 0.15) is 0 Å². The van der Waals surface area contributed by atoms with Gasteiger partial charge in [-0.25, -0.2) is 0 Å². The summed E-state index contributed by atoms with van der Waals surface area (Å²) in [6.45, 7) is 0. The molecule has 0 aromatic heterocycles. The van der Waals surface area contributed by atoms with Gasteiger partial charge in [-0.3, -0.25) is 10.1 Å². The van der Waals surface area contributed by atoms with E-state index >= 15 is 0 Å². The van der Waals surface area contributed by atoms with Gasteiger partial charge in [0.25, 0.3) is 0 Å². The molecule has 1 rings (SSSR count). The van der Waals surface area contributed by atoms with E-state index in [2.05, 4.69) is 10.3 Å². The Hall–Kier alpha value is -1.94. The van der Waals surface area contributed by atoms with Crippen LogP contribution in [0.3, 0.4) is 0 Å². The Kier molecular flexibility index (Phi) is 1.76. The zero-order valence-corrected chi connectivity index (χ0v) is 5.33. The molecule has 0 aliphatic carbocycles. The van der Waals surface area contributed by atoms with Crippen LogP contribution in [0.4, 0.5) is 0 Å². The second kappa shape index (κ2) is 2.60. The SMILES string of the molecule is O=[N+]([O-])C1=C([N+](=O)[O-])[NH+]([O-])N=N1. The Bertz CT molecular complexity index is 305. The summed E-state index contributed by atoms with van der Waals surface area (Å²) in [4.78, 5) is 17.7.